The Morgan fingerprint density at radius 3 is 2.23 bits per heavy atom. The highest BCUT2D eigenvalue weighted by atomic mass is 32.2. The molecule has 1 fully saturated rings. The van der Waals surface area contributed by atoms with E-state index in [9.17, 15) is 14.4 Å². The highest BCUT2D eigenvalue weighted by Crippen LogP contribution is 2.36. The molecular formula is C22H17N3O3S2. The summed E-state index contributed by atoms with van der Waals surface area (Å²) in [7, 11) is 1.77. The zero-order valence-electron chi connectivity index (χ0n) is 16.2. The van der Waals surface area contributed by atoms with Crippen LogP contribution in [-0.4, -0.2) is 25.9 Å². The molecule has 0 unspecified atom stereocenters. The predicted molar refractivity (Wildman–Crippen MR) is 123 cm³/mol. The number of hydrogen-bond donors (Lipinski definition) is 0. The lowest BCUT2D eigenvalue weighted by Gasteiger charge is -2.12. The average molecular weight is 436 g/mol. The van der Waals surface area contributed by atoms with Crippen LogP contribution in [0.15, 0.2) is 64.3 Å². The molecule has 30 heavy (non-hydrogen) atoms. The number of thioether (sulfide) groups is 1. The van der Waals surface area contributed by atoms with Crippen molar-refractivity contribution in [2.75, 3.05) is 4.90 Å². The van der Waals surface area contributed by atoms with Gasteiger partial charge in [0.2, 0.25) is 0 Å². The van der Waals surface area contributed by atoms with E-state index in [2.05, 4.69) is 0 Å². The highest BCUT2D eigenvalue weighted by Gasteiger charge is 2.37. The van der Waals surface area contributed by atoms with Gasteiger partial charge in [0.1, 0.15) is 12.0 Å². The lowest BCUT2D eigenvalue weighted by Crippen LogP contribution is -2.33. The smallest absolute Gasteiger partial charge is 0.296 e. The number of benzene rings is 2. The first-order valence-corrected chi connectivity index (χ1v) is 10.3. The molecule has 2 aromatic carbocycles. The molecule has 0 N–H and O–H groups in total. The number of anilines is 1. The molecule has 0 bridgehead atoms. The van der Waals surface area contributed by atoms with E-state index in [1.54, 1.807) is 49.0 Å². The Balaban J connectivity index is 1.76. The van der Waals surface area contributed by atoms with Crippen molar-refractivity contribution in [2.24, 2.45) is 7.05 Å². The van der Waals surface area contributed by atoms with Crippen LogP contribution in [0.3, 0.4) is 0 Å². The van der Waals surface area contributed by atoms with E-state index in [0.29, 0.717) is 26.2 Å². The Morgan fingerprint density at radius 2 is 1.60 bits per heavy atom. The third-order valence-electron chi connectivity index (χ3n) is 4.91. The number of para-hydroxylation sites is 1. The second-order valence-electron chi connectivity index (χ2n) is 6.71. The standard InChI is InChI=1S/C22H17N3O3S2/c1-14-19(21(28)25(23(14)2)17-6-4-3-5-7-17)24-20(27)18(30-22(24)29)12-15-8-10-16(13-26)11-9-15/h3-13H,1-2H3/b18-12-. The van der Waals surface area contributed by atoms with Crippen molar-refractivity contribution in [3.05, 3.63) is 86.7 Å². The summed E-state index contributed by atoms with van der Waals surface area (Å²) < 4.78 is 3.54. The van der Waals surface area contributed by atoms with Crippen LogP contribution in [0.1, 0.15) is 21.6 Å². The first kappa shape index (κ1) is 20.1. The molecule has 1 aliphatic heterocycles. The Kier molecular flexibility index (Phi) is 5.27. The second-order valence-corrected chi connectivity index (χ2v) is 8.39. The molecule has 0 aliphatic carbocycles. The van der Waals surface area contributed by atoms with Crippen LogP contribution in [-0.2, 0) is 11.8 Å². The molecule has 0 saturated carbocycles. The van der Waals surface area contributed by atoms with Gasteiger partial charge in [-0.05, 0) is 30.7 Å². The van der Waals surface area contributed by atoms with Crippen molar-refractivity contribution in [2.45, 2.75) is 6.92 Å². The summed E-state index contributed by atoms with van der Waals surface area (Å²) in [5.74, 6) is -0.338. The van der Waals surface area contributed by atoms with Gasteiger partial charge in [0.05, 0.1) is 16.3 Å². The number of hydrogen-bond acceptors (Lipinski definition) is 5. The van der Waals surface area contributed by atoms with Crippen molar-refractivity contribution in [1.82, 2.24) is 9.36 Å². The molecule has 0 spiro atoms. The van der Waals surface area contributed by atoms with Gasteiger partial charge in [0.25, 0.3) is 11.5 Å². The summed E-state index contributed by atoms with van der Waals surface area (Å²) in [6.07, 6.45) is 2.47. The monoisotopic (exact) mass is 435 g/mol. The fourth-order valence-electron chi connectivity index (χ4n) is 3.29. The van der Waals surface area contributed by atoms with Gasteiger partial charge in [-0.25, -0.2) is 4.68 Å². The van der Waals surface area contributed by atoms with Crippen LogP contribution in [0.5, 0.6) is 0 Å². The lowest BCUT2D eigenvalue weighted by molar-refractivity contribution is -0.113. The Bertz CT molecular complexity index is 1260. The van der Waals surface area contributed by atoms with Crippen LogP contribution in [0.4, 0.5) is 5.69 Å². The van der Waals surface area contributed by atoms with Crippen LogP contribution in [0.2, 0.25) is 0 Å². The van der Waals surface area contributed by atoms with E-state index < -0.39 is 0 Å². The molecule has 4 rings (SSSR count). The van der Waals surface area contributed by atoms with Crippen LogP contribution >= 0.6 is 24.0 Å². The molecule has 1 aliphatic rings. The SMILES string of the molecule is Cc1c(N2C(=O)/C(=C/c3ccc(C=O)cc3)SC2=S)c(=O)n(-c2ccccc2)n1C. The van der Waals surface area contributed by atoms with Gasteiger partial charge in [0, 0.05) is 12.6 Å². The number of carbonyl (C=O) groups is 2. The van der Waals surface area contributed by atoms with E-state index in [4.69, 9.17) is 12.2 Å². The van der Waals surface area contributed by atoms with Crippen molar-refractivity contribution in [3.8, 4) is 5.69 Å². The quantitative estimate of drug-likeness (QED) is 0.355. The molecular weight excluding hydrogens is 418 g/mol. The molecule has 0 radical (unpaired) electrons. The number of rotatable bonds is 4. The zero-order chi connectivity index (χ0) is 21.4. The Morgan fingerprint density at radius 1 is 0.967 bits per heavy atom. The number of aromatic nitrogens is 2. The normalized spacial score (nSPS) is 15.3. The van der Waals surface area contributed by atoms with E-state index in [1.807, 2.05) is 30.3 Å². The van der Waals surface area contributed by atoms with Gasteiger partial charge >= 0.3 is 0 Å². The zero-order valence-corrected chi connectivity index (χ0v) is 17.9. The number of thiocarbonyl (C=S) groups is 1. The third kappa shape index (κ3) is 3.34. The molecule has 2 heterocycles. The van der Waals surface area contributed by atoms with Gasteiger partial charge in [-0.15, -0.1) is 0 Å². The van der Waals surface area contributed by atoms with E-state index >= 15 is 0 Å². The number of amides is 1. The van der Waals surface area contributed by atoms with E-state index in [1.165, 1.54) is 9.58 Å². The summed E-state index contributed by atoms with van der Waals surface area (Å²) in [6, 6.07) is 16.1. The fraction of sp³-hybridized carbons (Fsp3) is 0.0909. The summed E-state index contributed by atoms with van der Waals surface area (Å²) >= 11 is 6.60. The third-order valence-corrected chi connectivity index (χ3v) is 6.21. The fourth-order valence-corrected chi connectivity index (χ4v) is 4.57. The second kappa shape index (κ2) is 7.89. The Hall–Kier alpha value is -3.23. The minimum absolute atomic E-state index is 0.253. The maximum atomic E-state index is 13.3. The van der Waals surface area contributed by atoms with Gasteiger partial charge in [-0.1, -0.05) is 66.4 Å². The average Bonchev–Trinajstić information content (AvgIpc) is 3.14. The summed E-state index contributed by atoms with van der Waals surface area (Å²) in [5, 5.41) is 0. The molecule has 0 atom stereocenters. The largest absolute Gasteiger partial charge is 0.298 e. The summed E-state index contributed by atoms with van der Waals surface area (Å²) in [5.41, 5.74) is 2.61. The number of nitrogens with zero attached hydrogens (tertiary/aromatic N) is 3. The highest BCUT2D eigenvalue weighted by molar-refractivity contribution is 8.27. The van der Waals surface area contributed by atoms with Crippen LogP contribution in [0.25, 0.3) is 11.8 Å². The summed E-state index contributed by atoms with van der Waals surface area (Å²) in [4.78, 5) is 38.9. The van der Waals surface area contributed by atoms with Crippen LogP contribution < -0.4 is 10.5 Å². The van der Waals surface area contributed by atoms with Crippen molar-refractivity contribution < 1.29 is 9.59 Å². The van der Waals surface area contributed by atoms with Crippen LogP contribution in [0, 0.1) is 6.92 Å². The number of carbonyl (C=O) groups excluding carboxylic acids is 2. The minimum atomic E-state index is -0.338. The summed E-state index contributed by atoms with van der Waals surface area (Å²) in [6.45, 7) is 1.79. The minimum Gasteiger partial charge on any atom is -0.298 e. The maximum Gasteiger partial charge on any atom is 0.296 e. The van der Waals surface area contributed by atoms with Crippen molar-refractivity contribution >= 4 is 52.3 Å². The molecule has 1 amide bonds. The van der Waals surface area contributed by atoms with Gasteiger partial charge < -0.3 is 0 Å². The first-order valence-electron chi connectivity index (χ1n) is 9.09. The predicted octanol–water partition coefficient (Wildman–Crippen LogP) is 3.70. The molecule has 6 nitrogen and oxygen atoms in total. The van der Waals surface area contributed by atoms with Crippen molar-refractivity contribution in [3.63, 3.8) is 0 Å². The van der Waals surface area contributed by atoms with Crippen molar-refractivity contribution in [1.29, 1.82) is 0 Å². The van der Waals surface area contributed by atoms with Gasteiger partial charge in [-0.2, -0.15) is 0 Å². The maximum absolute atomic E-state index is 13.3. The number of aldehydes is 1. The van der Waals surface area contributed by atoms with Gasteiger partial charge in [0.15, 0.2) is 4.32 Å². The topological polar surface area (TPSA) is 64.3 Å². The molecule has 3 aromatic rings. The van der Waals surface area contributed by atoms with E-state index in [0.717, 1.165) is 23.6 Å². The van der Waals surface area contributed by atoms with Gasteiger partial charge in [-0.3, -0.25) is 24.0 Å². The molecule has 8 heteroatoms. The first-order chi connectivity index (χ1) is 14.4. The molecule has 1 saturated heterocycles. The van der Waals surface area contributed by atoms with E-state index in [-0.39, 0.29) is 17.2 Å². The Labute approximate surface area is 182 Å². The molecule has 150 valence electrons. The lowest BCUT2D eigenvalue weighted by atomic mass is 10.1. The molecule has 1 aromatic heterocycles.